The molecule has 10 heteroatoms. The molecule has 0 bridgehead atoms. The molecule has 2 N–H and O–H groups in total. The predicted molar refractivity (Wildman–Crippen MR) is 169 cm³/mol. The van der Waals surface area contributed by atoms with E-state index in [1.165, 1.54) is 4.57 Å². The Kier molecular flexibility index (Phi) is 7.66. The highest BCUT2D eigenvalue weighted by molar-refractivity contribution is 5.95. The number of aromatic nitrogens is 3. The molecule has 0 saturated carbocycles. The van der Waals surface area contributed by atoms with Gasteiger partial charge in [-0.05, 0) is 60.2 Å². The number of carbonyl (C=O) groups is 3. The summed E-state index contributed by atoms with van der Waals surface area (Å²) in [5, 5.41) is 17.5. The summed E-state index contributed by atoms with van der Waals surface area (Å²) < 4.78 is 14.3. The van der Waals surface area contributed by atoms with Gasteiger partial charge >= 0.3 is 18.2 Å². The van der Waals surface area contributed by atoms with Gasteiger partial charge < -0.3 is 19.9 Å². The number of rotatable bonds is 7. The number of aliphatic carboxylic acids is 1. The van der Waals surface area contributed by atoms with Gasteiger partial charge in [0.1, 0.15) is 18.2 Å². The Hall–Kier alpha value is -5.38. The highest BCUT2D eigenvalue weighted by atomic mass is 16.6. The summed E-state index contributed by atoms with van der Waals surface area (Å²) in [6, 6.07) is 20.2. The fraction of sp³-hybridized carbons (Fsp3) is 0.257. The van der Waals surface area contributed by atoms with E-state index in [2.05, 4.69) is 10.4 Å². The lowest BCUT2D eigenvalue weighted by atomic mass is 9.98. The zero-order valence-corrected chi connectivity index (χ0v) is 25.5. The Morgan fingerprint density at radius 2 is 1.62 bits per heavy atom. The highest BCUT2D eigenvalue weighted by Crippen LogP contribution is 2.44. The molecule has 0 spiro atoms. The summed E-state index contributed by atoms with van der Waals surface area (Å²) in [4.78, 5) is 38.6. The molecule has 3 aromatic carbocycles. The Balaban J connectivity index is 1.23. The quantitative estimate of drug-likeness (QED) is 0.221. The second-order valence-electron chi connectivity index (χ2n) is 12.2. The van der Waals surface area contributed by atoms with Crippen molar-refractivity contribution in [1.82, 2.24) is 19.7 Å². The third-order valence-electron chi connectivity index (χ3n) is 7.87. The topological polar surface area (TPSA) is 125 Å². The maximum Gasteiger partial charge on any atom is 0.419 e. The predicted octanol–water partition coefficient (Wildman–Crippen LogP) is 6.36. The first-order valence-electron chi connectivity index (χ1n) is 14.7. The van der Waals surface area contributed by atoms with E-state index in [1.807, 2.05) is 80.0 Å². The van der Waals surface area contributed by atoms with Crippen LogP contribution in [0.25, 0.3) is 33.2 Å². The van der Waals surface area contributed by atoms with Crippen LogP contribution < -0.4 is 5.32 Å². The minimum atomic E-state index is -1.31. The van der Waals surface area contributed by atoms with Gasteiger partial charge in [0.15, 0.2) is 0 Å². The van der Waals surface area contributed by atoms with E-state index in [4.69, 9.17) is 9.47 Å². The third kappa shape index (κ3) is 6.04. The molecule has 1 aliphatic rings. The number of nitrogens with zero attached hydrogens (tertiary/aromatic N) is 3. The molecule has 0 radical (unpaired) electrons. The highest BCUT2D eigenvalue weighted by Gasteiger charge is 2.30. The molecule has 230 valence electrons. The number of benzene rings is 3. The summed E-state index contributed by atoms with van der Waals surface area (Å²) in [6.07, 6.45) is 3.64. The van der Waals surface area contributed by atoms with E-state index in [0.29, 0.717) is 16.5 Å². The zero-order valence-electron chi connectivity index (χ0n) is 25.5. The van der Waals surface area contributed by atoms with E-state index in [-0.39, 0.29) is 18.9 Å². The van der Waals surface area contributed by atoms with Crippen molar-refractivity contribution in [2.24, 2.45) is 7.05 Å². The van der Waals surface area contributed by atoms with Gasteiger partial charge in [0.2, 0.25) is 0 Å². The smallest absolute Gasteiger partial charge is 0.419 e. The average Bonchev–Trinajstić information content (AvgIpc) is 3.68. The molecule has 2 heterocycles. The van der Waals surface area contributed by atoms with E-state index in [0.717, 1.165) is 33.4 Å². The lowest BCUT2D eigenvalue weighted by molar-refractivity contribution is -0.139. The summed E-state index contributed by atoms with van der Waals surface area (Å²) in [6.45, 7) is 5.38. The minimum absolute atomic E-state index is 0.0568. The van der Waals surface area contributed by atoms with Crippen molar-refractivity contribution in [3.05, 3.63) is 102 Å². The fourth-order valence-electron chi connectivity index (χ4n) is 5.87. The minimum Gasteiger partial charge on any atom is -0.480 e. The van der Waals surface area contributed by atoms with Gasteiger partial charge in [0.05, 0.1) is 11.7 Å². The number of alkyl carbamates (subject to hydrolysis) is 1. The van der Waals surface area contributed by atoms with E-state index in [9.17, 15) is 19.5 Å². The van der Waals surface area contributed by atoms with Crippen molar-refractivity contribution in [2.45, 2.75) is 44.8 Å². The van der Waals surface area contributed by atoms with Crippen molar-refractivity contribution in [3.8, 4) is 22.3 Å². The van der Waals surface area contributed by atoms with Crippen LogP contribution in [0.1, 0.15) is 43.4 Å². The SMILES string of the molecule is Cn1cc(-c2ccc3c(CC(NC(=O)OCC4c5ccccc5-c5ccccc54)C(=O)O)cn(C(=O)OC(C)(C)C)c3c2)cn1. The van der Waals surface area contributed by atoms with E-state index >= 15 is 0 Å². The first-order valence-corrected chi connectivity index (χ1v) is 14.7. The van der Waals surface area contributed by atoms with E-state index in [1.54, 1.807) is 37.8 Å². The number of ether oxygens (including phenoxy) is 2. The van der Waals surface area contributed by atoms with Crippen LogP contribution in [0, 0.1) is 0 Å². The molecular formula is C35H34N4O6. The number of aryl methyl sites for hydroxylation is 1. The summed E-state index contributed by atoms with van der Waals surface area (Å²) >= 11 is 0. The first kappa shape index (κ1) is 29.7. The number of carboxylic acid groups (broad SMARTS) is 1. The van der Waals surface area contributed by atoms with Crippen LogP contribution in [0.3, 0.4) is 0 Å². The van der Waals surface area contributed by atoms with Crippen LogP contribution >= 0.6 is 0 Å². The summed E-state index contributed by atoms with van der Waals surface area (Å²) in [5.74, 6) is -1.39. The molecule has 1 aliphatic carbocycles. The van der Waals surface area contributed by atoms with Gasteiger partial charge in [-0.15, -0.1) is 0 Å². The lowest BCUT2D eigenvalue weighted by Crippen LogP contribution is -2.42. The van der Waals surface area contributed by atoms with Gasteiger partial charge in [-0.3, -0.25) is 9.25 Å². The number of nitrogens with one attached hydrogen (secondary N) is 1. The Labute approximate surface area is 260 Å². The first-order chi connectivity index (χ1) is 21.5. The number of fused-ring (bicyclic) bond motifs is 4. The van der Waals surface area contributed by atoms with Gasteiger partial charge in [-0.2, -0.15) is 5.10 Å². The van der Waals surface area contributed by atoms with Gasteiger partial charge in [-0.25, -0.2) is 14.4 Å². The molecule has 2 aromatic heterocycles. The van der Waals surface area contributed by atoms with E-state index < -0.39 is 29.8 Å². The number of amides is 1. The summed E-state index contributed by atoms with van der Waals surface area (Å²) in [5.41, 5.74) is 6.35. The molecule has 0 saturated heterocycles. The molecule has 1 unspecified atom stereocenters. The number of hydrogen-bond acceptors (Lipinski definition) is 6. The number of carboxylic acids is 1. The Morgan fingerprint density at radius 1 is 0.956 bits per heavy atom. The van der Waals surface area contributed by atoms with Crippen molar-refractivity contribution in [2.75, 3.05) is 6.61 Å². The normalized spacial score (nSPS) is 13.2. The van der Waals surface area contributed by atoms with Gasteiger partial charge in [-0.1, -0.05) is 60.7 Å². The molecule has 1 atom stereocenters. The monoisotopic (exact) mass is 606 g/mol. The van der Waals surface area contributed by atoms with Crippen LogP contribution in [-0.4, -0.2) is 55.9 Å². The molecule has 5 aromatic rings. The molecule has 0 fully saturated rings. The van der Waals surface area contributed by atoms with Crippen LogP contribution in [0.4, 0.5) is 9.59 Å². The second kappa shape index (κ2) is 11.6. The maximum absolute atomic E-state index is 13.2. The maximum atomic E-state index is 13.2. The number of carbonyl (C=O) groups excluding carboxylic acids is 2. The average molecular weight is 607 g/mol. The molecule has 6 rings (SSSR count). The van der Waals surface area contributed by atoms with Crippen LogP contribution in [0.15, 0.2) is 85.3 Å². The molecule has 45 heavy (non-hydrogen) atoms. The van der Waals surface area contributed by atoms with Crippen LogP contribution in [-0.2, 0) is 27.7 Å². The molecule has 0 aliphatic heterocycles. The second-order valence-corrected chi connectivity index (χ2v) is 12.2. The standard InChI is InChI=1S/C35H34N4O6/c1-35(2,3)45-34(43)39-19-22(24-14-13-21(16-31(24)39)23-17-36-38(4)18-23)15-30(32(40)41)37-33(42)44-20-29-27-11-7-5-9-25(27)26-10-6-8-12-28(26)29/h5-14,16-19,29-30H,15,20H2,1-4H3,(H,37,42)(H,40,41). The Bertz CT molecular complexity index is 1890. The van der Waals surface area contributed by atoms with Crippen molar-refractivity contribution >= 4 is 29.1 Å². The molecule has 1 amide bonds. The molecular weight excluding hydrogens is 572 g/mol. The molecule has 10 nitrogen and oxygen atoms in total. The van der Waals surface area contributed by atoms with Crippen LogP contribution in [0.2, 0.25) is 0 Å². The summed E-state index contributed by atoms with van der Waals surface area (Å²) in [7, 11) is 1.82. The third-order valence-corrected chi connectivity index (χ3v) is 7.87. The van der Waals surface area contributed by atoms with Crippen molar-refractivity contribution in [1.29, 1.82) is 0 Å². The number of hydrogen-bond donors (Lipinski definition) is 2. The zero-order chi connectivity index (χ0) is 31.9. The largest absolute Gasteiger partial charge is 0.480 e. The lowest BCUT2D eigenvalue weighted by Gasteiger charge is -2.19. The van der Waals surface area contributed by atoms with Crippen molar-refractivity contribution in [3.63, 3.8) is 0 Å². The van der Waals surface area contributed by atoms with Gasteiger partial charge in [0.25, 0.3) is 0 Å². The van der Waals surface area contributed by atoms with Crippen molar-refractivity contribution < 1.29 is 29.0 Å². The van der Waals surface area contributed by atoms with Gasteiger partial charge in [0, 0.05) is 42.7 Å². The van der Waals surface area contributed by atoms with Crippen LogP contribution in [0.5, 0.6) is 0 Å². The Morgan fingerprint density at radius 3 is 2.22 bits per heavy atom. The fourth-order valence-corrected chi connectivity index (χ4v) is 5.87.